The third-order valence-corrected chi connectivity index (χ3v) is 2.00. The Morgan fingerprint density at radius 3 is 2.40 bits per heavy atom. The predicted molar refractivity (Wildman–Crippen MR) is 44.8 cm³/mol. The van der Waals surface area contributed by atoms with Crippen LogP contribution in [0.25, 0.3) is 0 Å². The van der Waals surface area contributed by atoms with E-state index in [0.29, 0.717) is 0 Å². The molecule has 5 heteroatoms. The zero-order valence-corrected chi connectivity index (χ0v) is 7.33. The van der Waals surface area contributed by atoms with Crippen molar-refractivity contribution in [3.05, 3.63) is 10.6 Å². The van der Waals surface area contributed by atoms with Gasteiger partial charge in [0.15, 0.2) is 0 Å². The van der Waals surface area contributed by atoms with Crippen LogP contribution in [0.2, 0.25) is 0 Å². The average molecular weight is 201 g/mol. The molecule has 0 aromatic rings. The molecule has 1 unspecified atom stereocenters. The average Bonchev–Trinajstić information content (AvgIpc) is 1.88. The van der Waals surface area contributed by atoms with Gasteiger partial charge in [-0.3, -0.25) is 4.79 Å². The minimum atomic E-state index is -1.02. The molecule has 0 aromatic carbocycles. The van der Waals surface area contributed by atoms with Gasteiger partial charge in [0.05, 0.1) is 0 Å². The van der Waals surface area contributed by atoms with E-state index in [1.54, 1.807) is 0 Å². The maximum atomic E-state index is 10.3. The van der Waals surface area contributed by atoms with Crippen LogP contribution in [0.4, 0.5) is 0 Å². The minimum absolute atomic E-state index is 0.101. The second kappa shape index (κ2) is 4.88. The zero-order chi connectivity index (χ0) is 8.15. The van der Waals surface area contributed by atoms with Gasteiger partial charge < -0.3 is 5.11 Å². The van der Waals surface area contributed by atoms with E-state index in [0.717, 1.165) is 5.54 Å². The van der Waals surface area contributed by atoms with Crippen LogP contribution in [0.1, 0.15) is 0 Å². The lowest BCUT2D eigenvalue weighted by molar-refractivity contribution is -0.139. The number of halogens is 2. The largest absolute Gasteiger partial charge is 0.481 e. The number of rotatable bonds is 3. The van der Waals surface area contributed by atoms with Gasteiger partial charge in [-0.05, 0) is 0 Å². The van der Waals surface area contributed by atoms with Crippen LogP contribution < -0.4 is 0 Å². The first kappa shape index (κ1) is 10.1. The van der Waals surface area contributed by atoms with E-state index in [1.807, 2.05) is 0 Å². The molecule has 0 saturated carbocycles. The molecule has 0 aliphatic rings. The molecule has 0 amide bonds. The number of carboxylic acids is 1. The predicted octanol–water partition coefficient (Wildman–Crippen LogP) is 1.94. The molecule has 1 N–H and O–H groups in total. The first-order chi connectivity index (χ1) is 4.63. The summed E-state index contributed by atoms with van der Waals surface area (Å²) in [6.45, 7) is 0. The second-order valence-electron chi connectivity index (χ2n) is 1.57. The molecule has 0 aliphatic heterocycles. The molecular formula is C5H6Cl2O2S. The number of aliphatic carboxylic acids is 1. The summed E-state index contributed by atoms with van der Waals surface area (Å²) in [5.74, 6) is -1.66. The van der Waals surface area contributed by atoms with E-state index in [9.17, 15) is 4.79 Å². The van der Waals surface area contributed by atoms with Crippen molar-refractivity contribution in [3.8, 4) is 0 Å². The van der Waals surface area contributed by atoms with Gasteiger partial charge in [-0.1, -0.05) is 23.2 Å². The van der Waals surface area contributed by atoms with Crippen molar-refractivity contribution in [2.75, 3.05) is 5.75 Å². The molecule has 0 spiro atoms. The summed E-state index contributed by atoms with van der Waals surface area (Å²) in [4.78, 5) is 10.3. The Balaban J connectivity index is 4.21. The molecule has 0 rings (SSSR count). The van der Waals surface area contributed by atoms with Gasteiger partial charge in [0.1, 0.15) is 5.92 Å². The van der Waals surface area contributed by atoms with E-state index in [1.165, 1.54) is 0 Å². The van der Waals surface area contributed by atoms with Gasteiger partial charge in [0.25, 0.3) is 0 Å². The van der Waals surface area contributed by atoms with Gasteiger partial charge in [0.2, 0.25) is 0 Å². The summed E-state index contributed by atoms with van der Waals surface area (Å²) in [5.41, 5.74) is 1.04. The number of carbonyl (C=O) groups is 1. The monoisotopic (exact) mass is 200 g/mol. The maximum absolute atomic E-state index is 10.3. The van der Waals surface area contributed by atoms with Gasteiger partial charge in [-0.25, -0.2) is 0 Å². The quantitative estimate of drug-likeness (QED) is 0.684. The molecule has 0 bridgehead atoms. The van der Waals surface area contributed by atoms with Crippen molar-refractivity contribution in [2.24, 2.45) is 5.92 Å². The summed E-state index contributed by atoms with van der Waals surface area (Å²) in [6, 6.07) is 0. The fraction of sp³-hybridized carbons (Fsp3) is 0.400. The Kier molecular flexibility index (Phi) is 4.95. The Morgan fingerprint density at radius 2 is 2.30 bits per heavy atom. The van der Waals surface area contributed by atoms with Crippen molar-refractivity contribution in [2.45, 2.75) is 0 Å². The lowest BCUT2D eigenvalue weighted by atomic mass is 10.2. The van der Waals surface area contributed by atoms with Gasteiger partial charge in [0, 0.05) is 16.3 Å². The minimum Gasteiger partial charge on any atom is -0.481 e. The third-order valence-electron chi connectivity index (χ3n) is 0.918. The van der Waals surface area contributed by atoms with Crippen LogP contribution in [-0.2, 0) is 4.79 Å². The maximum Gasteiger partial charge on any atom is 0.312 e. The van der Waals surface area contributed by atoms with Gasteiger partial charge in [-0.15, -0.1) is 0 Å². The van der Waals surface area contributed by atoms with Crippen molar-refractivity contribution in [3.63, 3.8) is 0 Å². The molecule has 0 heterocycles. The fourth-order valence-corrected chi connectivity index (χ4v) is 1.14. The molecule has 0 aliphatic carbocycles. The van der Waals surface area contributed by atoms with Crippen LogP contribution >= 0.6 is 35.8 Å². The van der Waals surface area contributed by atoms with Crippen molar-refractivity contribution >= 4 is 41.8 Å². The fourth-order valence-electron chi connectivity index (χ4n) is 0.359. The molecule has 0 aromatic heterocycles. The smallest absolute Gasteiger partial charge is 0.312 e. The number of hydrogen-bond donors (Lipinski definition) is 2. The van der Waals surface area contributed by atoms with Crippen LogP contribution in [-0.4, -0.2) is 16.8 Å². The van der Waals surface area contributed by atoms with Crippen molar-refractivity contribution < 1.29 is 9.90 Å². The van der Waals surface area contributed by atoms with E-state index in [2.05, 4.69) is 12.6 Å². The van der Waals surface area contributed by atoms with Crippen LogP contribution in [0.15, 0.2) is 10.6 Å². The molecular weight excluding hydrogens is 195 g/mol. The molecule has 0 saturated heterocycles. The van der Waals surface area contributed by atoms with E-state index in [4.69, 9.17) is 28.3 Å². The summed E-state index contributed by atoms with van der Waals surface area (Å²) >= 11 is 14.4. The van der Waals surface area contributed by atoms with Crippen molar-refractivity contribution in [1.82, 2.24) is 0 Å². The Bertz CT molecular complexity index is 158. The molecule has 10 heavy (non-hydrogen) atoms. The summed E-state index contributed by atoms with van der Waals surface area (Å²) in [6.07, 6.45) is 0. The Morgan fingerprint density at radius 1 is 1.80 bits per heavy atom. The van der Waals surface area contributed by atoms with E-state index >= 15 is 0 Å². The second-order valence-corrected chi connectivity index (χ2v) is 2.59. The lowest BCUT2D eigenvalue weighted by Gasteiger charge is -2.04. The number of hydrogen-bond acceptors (Lipinski definition) is 2. The standard InChI is InChI=1S/C5H6Cl2O2S/c6-1-4(7)3(2-10)5(8)9/h1,3,10H,2H2,(H,8,9). The van der Waals surface area contributed by atoms with E-state index in [-0.39, 0.29) is 10.8 Å². The normalized spacial score (nSPS) is 14.9. The van der Waals surface area contributed by atoms with Crippen LogP contribution in [0.3, 0.4) is 0 Å². The van der Waals surface area contributed by atoms with Gasteiger partial charge in [-0.2, -0.15) is 12.6 Å². The third kappa shape index (κ3) is 2.82. The summed E-state index contributed by atoms with van der Waals surface area (Å²) in [5, 5.41) is 8.54. The molecule has 2 nitrogen and oxygen atoms in total. The highest BCUT2D eigenvalue weighted by Crippen LogP contribution is 2.17. The Labute approximate surface area is 74.2 Å². The Hall–Kier alpha value is 0.140. The van der Waals surface area contributed by atoms with Crippen molar-refractivity contribution in [1.29, 1.82) is 0 Å². The highest BCUT2D eigenvalue weighted by molar-refractivity contribution is 7.80. The first-order valence-corrected chi connectivity index (χ1v) is 3.87. The number of carboxylic acid groups (broad SMARTS) is 1. The highest BCUT2D eigenvalue weighted by Gasteiger charge is 2.18. The molecule has 0 fully saturated rings. The van der Waals surface area contributed by atoms with Crippen LogP contribution in [0.5, 0.6) is 0 Å². The van der Waals surface area contributed by atoms with Gasteiger partial charge >= 0.3 is 5.97 Å². The number of thiol groups is 1. The molecule has 1 atom stereocenters. The lowest BCUT2D eigenvalue weighted by Crippen LogP contribution is -2.15. The first-order valence-electron chi connectivity index (χ1n) is 2.43. The molecule has 58 valence electrons. The summed E-state index contributed by atoms with van der Waals surface area (Å²) in [7, 11) is 0. The molecule has 0 radical (unpaired) electrons. The highest BCUT2D eigenvalue weighted by atomic mass is 35.5. The summed E-state index contributed by atoms with van der Waals surface area (Å²) < 4.78 is 0. The van der Waals surface area contributed by atoms with Crippen LogP contribution in [0, 0.1) is 5.92 Å². The SMILES string of the molecule is O=C(O)C(CS)C(Cl)=CCl. The van der Waals surface area contributed by atoms with E-state index < -0.39 is 11.9 Å². The topological polar surface area (TPSA) is 37.3 Å². The zero-order valence-electron chi connectivity index (χ0n) is 4.92.